The Morgan fingerprint density at radius 1 is 1.47 bits per heavy atom. The van der Waals surface area contributed by atoms with Gasteiger partial charge in [-0.15, -0.1) is 0 Å². The van der Waals surface area contributed by atoms with Crippen LogP contribution in [0.25, 0.3) is 0 Å². The molecule has 0 bridgehead atoms. The van der Waals surface area contributed by atoms with Crippen LogP contribution in [0.1, 0.15) is 20.3 Å². The Labute approximate surface area is 104 Å². The fraction of sp³-hybridized carbons (Fsp3) is 0.769. The summed E-state index contributed by atoms with van der Waals surface area (Å²) in [6.45, 7) is 8.28. The van der Waals surface area contributed by atoms with E-state index in [1.54, 1.807) is 0 Å². The fourth-order valence-corrected chi connectivity index (χ4v) is 2.03. The first kappa shape index (κ1) is 14.2. The molecule has 1 atom stereocenters. The highest BCUT2D eigenvalue weighted by atomic mass is 16.5. The second-order valence-corrected chi connectivity index (χ2v) is 4.66. The molecule has 4 nitrogen and oxygen atoms in total. The van der Waals surface area contributed by atoms with Gasteiger partial charge in [0.2, 0.25) is 0 Å². The molecule has 4 heteroatoms. The third-order valence-corrected chi connectivity index (χ3v) is 3.47. The van der Waals surface area contributed by atoms with Crippen molar-refractivity contribution >= 4 is 5.97 Å². The van der Waals surface area contributed by atoms with Crippen molar-refractivity contribution in [2.24, 2.45) is 0 Å². The number of ether oxygens (including phenoxy) is 1. The van der Waals surface area contributed by atoms with Gasteiger partial charge in [0.25, 0.3) is 0 Å². The summed E-state index contributed by atoms with van der Waals surface area (Å²) in [6.07, 6.45) is 2.74. The van der Waals surface area contributed by atoms with E-state index >= 15 is 0 Å². The van der Waals surface area contributed by atoms with Gasteiger partial charge in [-0.25, -0.2) is 4.79 Å². The summed E-state index contributed by atoms with van der Waals surface area (Å²) in [7, 11) is 3.59. The standard InChI is InChI=1S/C13H24N2O2/c1-5-12(13(16)17-4)6-7-15-9-8-14(3)11(2)10-15/h6,11H,5,7-10H2,1-4H3. The first-order valence-electron chi connectivity index (χ1n) is 6.28. The van der Waals surface area contributed by atoms with Gasteiger partial charge in [0.05, 0.1) is 7.11 Å². The first-order valence-corrected chi connectivity index (χ1v) is 6.28. The molecule has 0 spiro atoms. The van der Waals surface area contributed by atoms with Crippen LogP contribution in [0.3, 0.4) is 0 Å². The Morgan fingerprint density at radius 2 is 2.18 bits per heavy atom. The maximum absolute atomic E-state index is 11.4. The fourth-order valence-electron chi connectivity index (χ4n) is 2.03. The second kappa shape index (κ2) is 6.77. The number of carbonyl (C=O) groups is 1. The number of carbonyl (C=O) groups excluding carboxylic acids is 1. The molecule has 0 aromatic rings. The number of nitrogens with zero attached hydrogens (tertiary/aromatic N) is 2. The van der Waals surface area contributed by atoms with E-state index in [4.69, 9.17) is 4.74 Å². The van der Waals surface area contributed by atoms with E-state index in [-0.39, 0.29) is 5.97 Å². The van der Waals surface area contributed by atoms with Crippen molar-refractivity contribution in [2.75, 3.05) is 40.3 Å². The molecule has 0 aromatic heterocycles. The van der Waals surface area contributed by atoms with E-state index in [1.807, 2.05) is 13.0 Å². The number of rotatable bonds is 4. The third-order valence-electron chi connectivity index (χ3n) is 3.47. The second-order valence-electron chi connectivity index (χ2n) is 4.66. The van der Waals surface area contributed by atoms with Crippen molar-refractivity contribution in [2.45, 2.75) is 26.3 Å². The van der Waals surface area contributed by atoms with Crippen LogP contribution in [0.2, 0.25) is 0 Å². The summed E-state index contributed by atoms with van der Waals surface area (Å²) in [5.74, 6) is -0.199. The smallest absolute Gasteiger partial charge is 0.333 e. The maximum atomic E-state index is 11.4. The van der Waals surface area contributed by atoms with Crippen molar-refractivity contribution in [3.63, 3.8) is 0 Å². The van der Waals surface area contributed by atoms with Crippen molar-refractivity contribution in [3.05, 3.63) is 11.6 Å². The molecule has 1 aliphatic heterocycles. The first-order chi connectivity index (χ1) is 8.08. The number of likely N-dealkylation sites (N-methyl/N-ethyl adjacent to an activating group) is 1. The van der Waals surface area contributed by atoms with Crippen LogP contribution in [0.5, 0.6) is 0 Å². The zero-order valence-corrected chi connectivity index (χ0v) is 11.4. The van der Waals surface area contributed by atoms with E-state index in [1.165, 1.54) is 7.11 Å². The monoisotopic (exact) mass is 240 g/mol. The number of esters is 1. The third kappa shape index (κ3) is 4.13. The average Bonchev–Trinajstić information content (AvgIpc) is 2.33. The molecule has 98 valence electrons. The zero-order valence-electron chi connectivity index (χ0n) is 11.4. The van der Waals surface area contributed by atoms with Gasteiger partial charge in [0, 0.05) is 37.8 Å². The lowest BCUT2D eigenvalue weighted by Gasteiger charge is -2.37. The predicted molar refractivity (Wildman–Crippen MR) is 68.9 cm³/mol. The molecule has 0 amide bonds. The molecule has 0 aliphatic carbocycles. The summed E-state index contributed by atoms with van der Waals surface area (Å²) in [4.78, 5) is 16.2. The van der Waals surface area contributed by atoms with Crippen LogP contribution in [-0.4, -0.2) is 62.1 Å². The SMILES string of the molecule is CCC(=CCN1CCN(C)C(C)C1)C(=O)OC. The highest BCUT2D eigenvalue weighted by molar-refractivity contribution is 5.88. The zero-order chi connectivity index (χ0) is 12.8. The van der Waals surface area contributed by atoms with Crippen LogP contribution in [0.15, 0.2) is 11.6 Å². The molecule has 1 fully saturated rings. The van der Waals surface area contributed by atoms with E-state index in [0.29, 0.717) is 6.04 Å². The van der Waals surface area contributed by atoms with Gasteiger partial charge >= 0.3 is 5.97 Å². The molecule has 0 radical (unpaired) electrons. The molecule has 0 saturated carbocycles. The van der Waals surface area contributed by atoms with Gasteiger partial charge in [0.1, 0.15) is 0 Å². The van der Waals surface area contributed by atoms with E-state index in [2.05, 4.69) is 23.8 Å². The lowest BCUT2D eigenvalue weighted by Crippen LogP contribution is -2.49. The lowest BCUT2D eigenvalue weighted by atomic mass is 10.1. The summed E-state index contributed by atoms with van der Waals surface area (Å²) in [5, 5.41) is 0. The van der Waals surface area contributed by atoms with Crippen LogP contribution >= 0.6 is 0 Å². The molecule has 0 aromatic carbocycles. The topological polar surface area (TPSA) is 32.8 Å². The summed E-state index contributed by atoms with van der Waals surface area (Å²) >= 11 is 0. The van der Waals surface area contributed by atoms with Gasteiger partial charge in [0.15, 0.2) is 0 Å². The molecule has 1 aliphatic rings. The molecular weight excluding hydrogens is 216 g/mol. The van der Waals surface area contributed by atoms with E-state index in [9.17, 15) is 4.79 Å². The summed E-state index contributed by atoms with van der Waals surface area (Å²) in [6, 6.07) is 0.584. The Morgan fingerprint density at radius 3 is 2.71 bits per heavy atom. The Kier molecular flexibility index (Phi) is 5.65. The summed E-state index contributed by atoms with van der Waals surface area (Å²) < 4.78 is 4.75. The van der Waals surface area contributed by atoms with Gasteiger partial charge in [-0.3, -0.25) is 4.90 Å². The van der Waals surface area contributed by atoms with Crippen LogP contribution < -0.4 is 0 Å². The predicted octanol–water partition coefficient (Wildman–Crippen LogP) is 1.13. The molecule has 17 heavy (non-hydrogen) atoms. The largest absolute Gasteiger partial charge is 0.466 e. The molecule has 1 heterocycles. The highest BCUT2D eigenvalue weighted by Crippen LogP contribution is 2.09. The number of hydrogen-bond donors (Lipinski definition) is 0. The van der Waals surface area contributed by atoms with Crippen LogP contribution in [-0.2, 0) is 9.53 Å². The highest BCUT2D eigenvalue weighted by Gasteiger charge is 2.19. The molecule has 0 N–H and O–H groups in total. The van der Waals surface area contributed by atoms with Gasteiger partial charge in [-0.1, -0.05) is 13.0 Å². The lowest BCUT2D eigenvalue weighted by molar-refractivity contribution is -0.136. The minimum Gasteiger partial charge on any atom is -0.466 e. The summed E-state index contributed by atoms with van der Waals surface area (Å²) in [5.41, 5.74) is 0.777. The van der Waals surface area contributed by atoms with Crippen LogP contribution in [0.4, 0.5) is 0 Å². The van der Waals surface area contributed by atoms with E-state index < -0.39 is 0 Å². The number of piperazine rings is 1. The molecule has 1 saturated heterocycles. The Balaban J connectivity index is 2.48. The van der Waals surface area contributed by atoms with Gasteiger partial charge in [-0.05, 0) is 20.4 Å². The Bertz CT molecular complexity index is 289. The van der Waals surface area contributed by atoms with E-state index in [0.717, 1.165) is 38.2 Å². The quantitative estimate of drug-likeness (QED) is 0.545. The van der Waals surface area contributed by atoms with Gasteiger partial charge in [-0.2, -0.15) is 0 Å². The normalized spacial score (nSPS) is 23.8. The maximum Gasteiger partial charge on any atom is 0.333 e. The van der Waals surface area contributed by atoms with Crippen molar-refractivity contribution in [3.8, 4) is 0 Å². The van der Waals surface area contributed by atoms with Gasteiger partial charge < -0.3 is 9.64 Å². The number of methoxy groups -OCH3 is 1. The molecule has 1 rings (SSSR count). The minimum atomic E-state index is -0.199. The van der Waals surface area contributed by atoms with Crippen molar-refractivity contribution in [1.29, 1.82) is 0 Å². The van der Waals surface area contributed by atoms with Crippen molar-refractivity contribution < 1.29 is 9.53 Å². The van der Waals surface area contributed by atoms with Crippen LogP contribution in [0, 0.1) is 0 Å². The average molecular weight is 240 g/mol. The minimum absolute atomic E-state index is 0.199. The molecule has 1 unspecified atom stereocenters. The molecular formula is C13H24N2O2. The van der Waals surface area contributed by atoms with Crippen molar-refractivity contribution in [1.82, 2.24) is 9.80 Å². The Hall–Kier alpha value is -0.870. The number of hydrogen-bond acceptors (Lipinski definition) is 4.